The molecule has 0 spiro atoms. The minimum Gasteiger partial charge on any atom is -0.369 e. The van der Waals surface area contributed by atoms with Gasteiger partial charge in [0.25, 0.3) is 5.69 Å². The number of ether oxygens (including phenoxy) is 1. The van der Waals surface area contributed by atoms with Crippen LogP contribution >= 0.6 is 0 Å². The molecule has 0 aliphatic carbocycles. The summed E-state index contributed by atoms with van der Waals surface area (Å²) < 4.78 is 5.42. The zero-order chi connectivity index (χ0) is 17.7. The van der Waals surface area contributed by atoms with Crippen LogP contribution in [0.2, 0.25) is 0 Å². The molecule has 0 fully saturated rings. The molecule has 0 unspecified atom stereocenters. The number of rotatable bonds is 6. The molecular formula is C19H21NO4. The zero-order valence-electron chi connectivity index (χ0n) is 14.1. The van der Waals surface area contributed by atoms with Crippen LogP contribution in [0.5, 0.6) is 0 Å². The normalized spacial score (nSPS) is 11.3. The lowest BCUT2D eigenvalue weighted by Gasteiger charge is -2.19. The van der Waals surface area contributed by atoms with Crippen LogP contribution in [0.15, 0.2) is 48.5 Å². The fourth-order valence-corrected chi connectivity index (χ4v) is 2.42. The molecule has 24 heavy (non-hydrogen) atoms. The lowest BCUT2D eigenvalue weighted by molar-refractivity contribution is -0.386. The summed E-state index contributed by atoms with van der Waals surface area (Å²) in [5.74, 6) is -0.114. The molecule has 5 heteroatoms. The Balaban J connectivity index is 2.04. The lowest BCUT2D eigenvalue weighted by atomic mass is 9.85. The van der Waals surface area contributed by atoms with Crippen LogP contribution < -0.4 is 0 Å². The van der Waals surface area contributed by atoms with Crippen molar-refractivity contribution in [2.45, 2.75) is 32.8 Å². The molecule has 0 saturated carbocycles. The predicted octanol–water partition coefficient (Wildman–Crippen LogP) is 4.29. The largest absolute Gasteiger partial charge is 0.369 e. The van der Waals surface area contributed by atoms with E-state index in [1.807, 2.05) is 26.8 Å². The van der Waals surface area contributed by atoms with Gasteiger partial charge < -0.3 is 4.74 Å². The van der Waals surface area contributed by atoms with Crippen molar-refractivity contribution in [3.05, 3.63) is 75.3 Å². The summed E-state index contributed by atoms with van der Waals surface area (Å²) >= 11 is 0. The van der Waals surface area contributed by atoms with Crippen molar-refractivity contribution in [3.63, 3.8) is 0 Å². The molecule has 5 nitrogen and oxygen atoms in total. The highest BCUT2D eigenvalue weighted by Crippen LogP contribution is 2.31. The Labute approximate surface area is 141 Å². The van der Waals surface area contributed by atoms with Gasteiger partial charge in [0.15, 0.2) is 5.78 Å². The molecule has 0 radical (unpaired) electrons. The van der Waals surface area contributed by atoms with Crippen LogP contribution in [-0.2, 0) is 16.8 Å². The highest BCUT2D eigenvalue weighted by molar-refractivity contribution is 5.96. The van der Waals surface area contributed by atoms with Crippen molar-refractivity contribution >= 4 is 11.5 Å². The first-order valence-electron chi connectivity index (χ1n) is 7.73. The van der Waals surface area contributed by atoms with Crippen LogP contribution in [0.3, 0.4) is 0 Å². The van der Waals surface area contributed by atoms with Crippen LogP contribution in [-0.4, -0.2) is 17.3 Å². The van der Waals surface area contributed by atoms with Crippen LogP contribution in [0.25, 0.3) is 0 Å². The van der Waals surface area contributed by atoms with E-state index in [0.717, 1.165) is 0 Å². The molecule has 0 bridgehead atoms. The van der Waals surface area contributed by atoms with Gasteiger partial charge >= 0.3 is 0 Å². The summed E-state index contributed by atoms with van der Waals surface area (Å²) in [7, 11) is 0. The smallest absolute Gasteiger partial charge is 0.273 e. The Hall–Kier alpha value is -2.53. The Bertz CT molecular complexity index is 733. The van der Waals surface area contributed by atoms with Crippen molar-refractivity contribution in [1.29, 1.82) is 0 Å². The molecule has 0 saturated heterocycles. The maximum atomic E-state index is 12.0. The van der Waals surface area contributed by atoms with Crippen LogP contribution in [0.1, 0.15) is 42.3 Å². The van der Waals surface area contributed by atoms with Crippen molar-refractivity contribution in [1.82, 2.24) is 0 Å². The van der Waals surface area contributed by atoms with Gasteiger partial charge in [-0.1, -0.05) is 63.2 Å². The summed E-state index contributed by atoms with van der Waals surface area (Å²) in [5, 5.41) is 11.3. The van der Waals surface area contributed by atoms with E-state index in [0.29, 0.717) is 16.7 Å². The summed E-state index contributed by atoms with van der Waals surface area (Å²) in [6.07, 6.45) is 0. The van der Waals surface area contributed by atoms with Gasteiger partial charge in [0.05, 0.1) is 11.5 Å². The molecule has 0 aliphatic rings. The molecule has 2 aromatic rings. The summed E-state index contributed by atoms with van der Waals surface area (Å²) in [4.78, 5) is 22.9. The Morgan fingerprint density at radius 3 is 2.38 bits per heavy atom. The lowest BCUT2D eigenvalue weighted by Crippen LogP contribution is -2.14. The third kappa shape index (κ3) is 4.49. The van der Waals surface area contributed by atoms with Crippen molar-refractivity contribution in [2.24, 2.45) is 0 Å². The minimum atomic E-state index is -0.376. The minimum absolute atomic E-state index is 0.0567. The monoisotopic (exact) mass is 327 g/mol. The highest BCUT2D eigenvalue weighted by atomic mass is 16.6. The maximum absolute atomic E-state index is 12.0. The van der Waals surface area contributed by atoms with E-state index < -0.39 is 0 Å². The van der Waals surface area contributed by atoms with Crippen molar-refractivity contribution in [3.8, 4) is 0 Å². The fourth-order valence-electron chi connectivity index (χ4n) is 2.42. The van der Waals surface area contributed by atoms with E-state index in [2.05, 4.69) is 0 Å². The van der Waals surface area contributed by atoms with Gasteiger partial charge in [-0.05, 0) is 11.0 Å². The number of nitrogens with zero attached hydrogens (tertiary/aromatic N) is 1. The molecular weight excluding hydrogens is 306 g/mol. The van der Waals surface area contributed by atoms with E-state index in [1.165, 1.54) is 6.07 Å². The molecule has 0 N–H and O–H groups in total. The number of nitro benzene ring substituents is 1. The summed E-state index contributed by atoms with van der Waals surface area (Å²) in [6.45, 7) is 5.90. The third-order valence-electron chi connectivity index (χ3n) is 3.66. The van der Waals surface area contributed by atoms with Crippen LogP contribution in [0, 0.1) is 10.1 Å². The molecule has 0 amide bonds. The number of carbonyl (C=O) groups excluding carboxylic acids is 1. The Morgan fingerprint density at radius 2 is 1.79 bits per heavy atom. The first-order valence-corrected chi connectivity index (χ1v) is 7.73. The van der Waals surface area contributed by atoms with Gasteiger partial charge in [-0.15, -0.1) is 0 Å². The zero-order valence-corrected chi connectivity index (χ0v) is 14.1. The van der Waals surface area contributed by atoms with E-state index in [9.17, 15) is 14.9 Å². The number of benzene rings is 2. The number of carbonyl (C=O) groups is 1. The van der Waals surface area contributed by atoms with Gasteiger partial charge in [-0.3, -0.25) is 14.9 Å². The van der Waals surface area contributed by atoms with Gasteiger partial charge in [-0.25, -0.2) is 0 Å². The van der Waals surface area contributed by atoms with Gasteiger partial charge in [0, 0.05) is 17.2 Å². The first kappa shape index (κ1) is 17.8. The van der Waals surface area contributed by atoms with E-state index in [-0.39, 0.29) is 35.0 Å². The molecule has 0 atom stereocenters. The molecule has 0 aromatic heterocycles. The highest BCUT2D eigenvalue weighted by Gasteiger charge is 2.24. The predicted molar refractivity (Wildman–Crippen MR) is 92.2 cm³/mol. The quantitative estimate of drug-likeness (QED) is 0.451. The maximum Gasteiger partial charge on any atom is 0.273 e. The standard InChI is InChI=1S/C19H21NO4/c1-19(2,3)16-10-9-14(11-17(16)20(22)23)12-24-13-18(21)15-7-5-4-6-8-15/h4-11H,12-13H2,1-3H3. The SMILES string of the molecule is CC(C)(C)c1ccc(COCC(=O)c2ccccc2)cc1[N+](=O)[O-]. The van der Waals surface area contributed by atoms with Gasteiger partial charge in [0.2, 0.25) is 0 Å². The molecule has 126 valence electrons. The second-order valence-corrected chi connectivity index (χ2v) is 6.64. The molecule has 2 aromatic carbocycles. The second kappa shape index (κ2) is 7.36. The molecule has 2 rings (SSSR count). The summed E-state index contributed by atoms with van der Waals surface area (Å²) in [6, 6.07) is 14.0. The number of hydrogen-bond acceptors (Lipinski definition) is 4. The van der Waals surface area contributed by atoms with E-state index >= 15 is 0 Å². The van der Waals surface area contributed by atoms with Crippen LogP contribution in [0.4, 0.5) is 5.69 Å². The Morgan fingerprint density at radius 1 is 1.12 bits per heavy atom. The Kier molecular flexibility index (Phi) is 5.46. The number of hydrogen-bond donors (Lipinski definition) is 0. The average Bonchev–Trinajstić information content (AvgIpc) is 2.54. The third-order valence-corrected chi connectivity index (χ3v) is 3.66. The summed E-state index contributed by atoms with van der Waals surface area (Å²) in [5.41, 5.74) is 1.71. The van der Waals surface area contributed by atoms with Gasteiger partial charge in [0.1, 0.15) is 6.61 Å². The van der Waals surface area contributed by atoms with E-state index in [4.69, 9.17) is 4.74 Å². The molecule has 0 heterocycles. The first-order chi connectivity index (χ1) is 11.3. The van der Waals surface area contributed by atoms with Crippen molar-refractivity contribution in [2.75, 3.05) is 6.61 Å². The van der Waals surface area contributed by atoms with Gasteiger partial charge in [-0.2, -0.15) is 0 Å². The number of Topliss-reactive ketones (excluding diaryl/α,β-unsaturated/α-hetero) is 1. The fraction of sp³-hybridized carbons (Fsp3) is 0.316. The topological polar surface area (TPSA) is 69.4 Å². The van der Waals surface area contributed by atoms with Crippen molar-refractivity contribution < 1.29 is 14.5 Å². The molecule has 0 aliphatic heterocycles. The van der Waals surface area contributed by atoms with E-state index in [1.54, 1.807) is 36.4 Å². The number of ketones is 1. The average molecular weight is 327 g/mol. The second-order valence-electron chi connectivity index (χ2n) is 6.64. The number of nitro groups is 1.